The number of carbonyl (C=O) groups excluding carboxylic acids is 2. The number of esters is 1. The third-order valence-corrected chi connectivity index (χ3v) is 3.98. The van der Waals surface area contributed by atoms with Crippen LogP contribution in [0.1, 0.15) is 45.6 Å². The molecule has 23 heavy (non-hydrogen) atoms. The Hall–Kier alpha value is -2.10. The molecule has 1 aromatic rings. The van der Waals surface area contributed by atoms with Crippen molar-refractivity contribution in [2.45, 2.75) is 45.4 Å². The minimum atomic E-state index is -0.312. The first-order chi connectivity index (χ1) is 10.9. The van der Waals surface area contributed by atoms with Gasteiger partial charge >= 0.3 is 5.97 Å². The highest BCUT2D eigenvalue weighted by Gasteiger charge is 2.21. The van der Waals surface area contributed by atoms with E-state index in [1.165, 1.54) is 5.56 Å². The van der Waals surface area contributed by atoms with E-state index in [9.17, 15) is 9.59 Å². The molecular weight excluding hydrogens is 290 g/mol. The average Bonchev–Trinajstić information content (AvgIpc) is 2.53. The summed E-state index contributed by atoms with van der Waals surface area (Å²) in [6.45, 7) is 6.18. The van der Waals surface area contributed by atoms with Gasteiger partial charge in [-0.2, -0.15) is 0 Å². The van der Waals surface area contributed by atoms with Gasteiger partial charge < -0.3 is 10.1 Å². The van der Waals surface area contributed by atoms with Crippen molar-refractivity contribution in [2.24, 2.45) is 5.92 Å². The van der Waals surface area contributed by atoms with Gasteiger partial charge in [0.15, 0.2) is 6.61 Å². The number of ether oxygens (including phenoxy) is 1. The Kier molecular flexibility index (Phi) is 5.59. The van der Waals surface area contributed by atoms with E-state index in [1.54, 1.807) is 0 Å². The third-order valence-electron chi connectivity index (χ3n) is 3.98. The molecule has 4 nitrogen and oxygen atoms in total. The molecule has 1 aliphatic carbocycles. The molecule has 0 aromatic heterocycles. The van der Waals surface area contributed by atoms with Crippen LogP contribution in [0.25, 0.3) is 0 Å². The fourth-order valence-corrected chi connectivity index (χ4v) is 2.51. The van der Waals surface area contributed by atoms with Crippen molar-refractivity contribution in [1.82, 2.24) is 0 Å². The molecule has 1 atom stereocenters. The summed E-state index contributed by atoms with van der Waals surface area (Å²) < 4.78 is 5.11. The molecule has 2 rings (SSSR count). The van der Waals surface area contributed by atoms with Crippen LogP contribution in [0.5, 0.6) is 0 Å². The lowest BCUT2D eigenvalue weighted by Crippen LogP contribution is -2.25. The van der Waals surface area contributed by atoms with E-state index in [-0.39, 0.29) is 29.8 Å². The van der Waals surface area contributed by atoms with Gasteiger partial charge in [-0.05, 0) is 42.4 Å². The van der Waals surface area contributed by atoms with Crippen LogP contribution in [0.15, 0.2) is 36.4 Å². The molecular formula is C19H25NO3. The molecule has 1 N–H and O–H groups in total. The molecule has 0 spiro atoms. The second-order valence-electron chi connectivity index (χ2n) is 6.96. The molecule has 0 fully saturated rings. The summed E-state index contributed by atoms with van der Waals surface area (Å²) in [7, 11) is 0. The first-order valence-electron chi connectivity index (χ1n) is 8.08. The number of carbonyl (C=O) groups is 2. The van der Waals surface area contributed by atoms with Gasteiger partial charge in [-0.1, -0.05) is 45.1 Å². The maximum absolute atomic E-state index is 11.9. The van der Waals surface area contributed by atoms with E-state index in [2.05, 4.69) is 32.2 Å². The number of hydrogen-bond acceptors (Lipinski definition) is 3. The van der Waals surface area contributed by atoms with Crippen LogP contribution < -0.4 is 5.32 Å². The van der Waals surface area contributed by atoms with E-state index < -0.39 is 0 Å². The van der Waals surface area contributed by atoms with Crippen LogP contribution in [0, 0.1) is 5.92 Å². The Balaban J connectivity index is 1.80. The molecule has 0 heterocycles. The Morgan fingerprint density at radius 1 is 1.17 bits per heavy atom. The Morgan fingerprint density at radius 3 is 2.43 bits per heavy atom. The quantitative estimate of drug-likeness (QED) is 0.679. The minimum Gasteiger partial charge on any atom is -0.455 e. The highest BCUT2D eigenvalue weighted by Crippen LogP contribution is 2.23. The zero-order valence-electron chi connectivity index (χ0n) is 14.1. The Labute approximate surface area is 137 Å². The van der Waals surface area contributed by atoms with E-state index >= 15 is 0 Å². The molecule has 0 saturated heterocycles. The van der Waals surface area contributed by atoms with Crippen molar-refractivity contribution in [2.75, 3.05) is 11.9 Å². The number of rotatable bonds is 4. The molecule has 0 unspecified atom stereocenters. The predicted molar refractivity (Wildman–Crippen MR) is 91.2 cm³/mol. The lowest BCUT2D eigenvalue weighted by molar-refractivity contribution is -0.151. The van der Waals surface area contributed by atoms with Gasteiger partial charge in [-0.15, -0.1) is 0 Å². The molecule has 0 radical (unpaired) electrons. The van der Waals surface area contributed by atoms with Crippen LogP contribution in [0.3, 0.4) is 0 Å². The standard InChI is InChI=1S/C19H25NO3/c1-19(2,3)15-9-11-16(12-10-15)20-17(21)13-23-18(22)14-7-5-4-6-8-14/h4-5,9-12,14H,6-8,13H2,1-3H3,(H,20,21)/t14-/m0/s1. The van der Waals surface area contributed by atoms with Gasteiger partial charge in [0.1, 0.15) is 0 Å². The van der Waals surface area contributed by atoms with Gasteiger partial charge in [-0.3, -0.25) is 9.59 Å². The van der Waals surface area contributed by atoms with Gasteiger partial charge in [-0.25, -0.2) is 0 Å². The fraction of sp³-hybridized carbons (Fsp3) is 0.474. The van der Waals surface area contributed by atoms with E-state index in [0.717, 1.165) is 12.8 Å². The van der Waals surface area contributed by atoms with Crippen LogP contribution in [-0.2, 0) is 19.7 Å². The molecule has 1 aliphatic rings. The van der Waals surface area contributed by atoms with Crippen molar-refractivity contribution < 1.29 is 14.3 Å². The van der Waals surface area contributed by atoms with E-state index in [0.29, 0.717) is 12.1 Å². The van der Waals surface area contributed by atoms with Gasteiger partial charge in [0.25, 0.3) is 5.91 Å². The average molecular weight is 315 g/mol. The summed E-state index contributed by atoms with van der Waals surface area (Å²) in [5, 5.41) is 2.75. The summed E-state index contributed by atoms with van der Waals surface area (Å²) in [5.41, 5.74) is 1.99. The summed E-state index contributed by atoms with van der Waals surface area (Å²) in [5.74, 6) is -0.709. The first-order valence-corrected chi connectivity index (χ1v) is 8.08. The third kappa shape index (κ3) is 5.23. The van der Waals surface area contributed by atoms with Crippen molar-refractivity contribution in [1.29, 1.82) is 0 Å². The molecule has 0 aliphatic heterocycles. The van der Waals surface area contributed by atoms with Crippen LogP contribution in [-0.4, -0.2) is 18.5 Å². The monoisotopic (exact) mass is 315 g/mol. The van der Waals surface area contributed by atoms with Crippen LogP contribution in [0.2, 0.25) is 0 Å². The second kappa shape index (κ2) is 7.44. The lowest BCUT2D eigenvalue weighted by atomic mass is 9.87. The number of nitrogens with one attached hydrogen (secondary N) is 1. The summed E-state index contributed by atoms with van der Waals surface area (Å²) in [4.78, 5) is 23.8. The summed E-state index contributed by atoms with van der Waals surface area (Å²) >= 11 is 0. The highest BCUT2D eigenvalue weighted by molar-refractivity contribution is 5.92. The molecule has 1 aromatic carbocycles. The zero-order chi connectivity index (χ0) is 16.9. The number of anilines is 1. The topological polar surface area (TPSA) is 55.4 Å². The zero-order valence-corrected chi connectivity index (χ0v) is 14.1. The van der Waals surface area contributed by atoms with Gasteiger partial charge in [0.2, 0.25) is 0 Å². The normalized spacial score (nSPS) is 17.6. The van der Waals surface area contributed by atoms with Crippen molar-refractivity contribution >= 4 is 17.6 Å². The Bertz CT molecular complexity index is 582. The molecule has 124 valence electrons. The minimum absolute atomic E-state index is 0.0759. The summed E-state index contributed by atoms with van der Waals surface area (Å²) in [6.07, 6.45) is 6.45. The number of benzene rings is 1. The predicted octanol–water partition coefficient (Wildman–Crippen LogP) is 3.82. The molecule has 1 amide bonds. The number of amides is 1. The van der Waals surface area contributed by atoms with Crippen LogP contribution >= 0.6 is 0 Å². The summed E-state index contributed by atoms with van der Waals surface area (Å²) in [6, 6.07) is 7.73. The number of hydrogen-bond donors (Lipinski definition) is 1. The second-order valence-corrected chi connectivity index (χ2v) is 6.96. The van der Waals surface area contributed by atoms with Crippen molar-refractivity contribution in [3.05, 3.63) is 42.0 Å². The highest BCUT2D eigenvalue weighted by atomic mass is 16.5. The maximum Gasteiger partial charge on any atom is 0.309 e. The maximum atomic E-state index is 11.9. The van der Waals surface area contributed by atoms with Gasteiger partial charge in [0.05, 0.1) is 5.92 Å². The van der Waals surface area contributed by atoms with Crippen molar-refractivity contribution in [3.8, 4) is 0 Å². The molecule has 0 bridgehead atoms. The smallest absolute Gasteiger partial charge is 0.309 e. The largest absolute Gasteiger partial charge is 0.455 e. The molecule has 4 heteroatoms. The van der Waals surface area contributed by atoms with Crippen molar-refractivity contribution in [3.63, 3.8) is 0 Å². The van der Waals surface area contributed by atoms with E-state index in [1.807, 2.05) is 30.3 Å². The molecule has 0 saturated carbocycles. The lowest BCUT2D eigenvalue weighted by Gasteiger charge is -2.19. The fourth-order valence-electron chi connectivity index (χ4n) is 2.51. The Morgan fingerprint density at radius 2 is 1.87 bits per heavy atom. The number of allylic oxidation sites excluding steroid dienone is 2. The van der Waals surface area contributed by atoms with E-state index in [4.69, 9.17) is 4.74 Å². The first kappa shape index (κ1) is 17.3. The SMILES string of the molecule is CC(C)(C)c1ccc(NC(=O)COC(=O)[C@H]2CC=CCC2)cc1. The van der Waals surface area contributed by atoms with Gasteiger partial charge in [0, 0.05) is 5.69 Å². The van der Waals surface area contributed by atoms with Crippen LogP contribution in [0.4, 0.5) is 5.69 Å².